The van der Waals surface area contributed by atoms with E-state index in [1.54, 1.807) is 0 Å². The van der Waals surface area contributed by atoms with Gasteiger partial charge in [0.15, 0.2) is 5.13 Å². The van der Waals surface area contributed by atoms with E-state index in [-0.39, 0.29) is 6.61 Å². The SMILES string of the molecule is OCc1sc(N2CCOC3CCCCC32)nc1Cl. The smallest absolute Gasteiger partial charge is 0.187 e. The fourth-order valence-corrected chi connectivity index (χ4v) is 4.08. The summed E-state index contributed by atoms with van der Waals surface area (Å²) < 4.78 is 5.85. The van der Waals surface area contributed by atoms with Gasteiger partial charge in [-0.25, -0.2) is 4.98 Å². The van der Waals surface area contributed by atoms with E-state index in [2.05, 4.69) is 9.88 Å². The summed E-state index contributed by atoms with van der Waals surface area (Å²) in [5, 5.41) is 10.6. The molecule has 1 aromatic heterocycles. The van der Waals surface area contributed by atoms with Crippen LogP contribution in [0.25, 0.3) is 0 Å². The summed E-state index contributed by atoms with van der Waals surface area (Å²) in [6, 6.07) is 0.432. The number of halogens is 1. The van der Waals surface area contributed by atoms with Gasteiger partial charge in [0.2, 0.25) is 0 Å². The van der Waals surface area contributed by atoms with E-state index in [9.17, 15) is 5.11 Å². The van der Waals surface area contributed by atoms with Gasteiger partial charge in [-0.1, -0.05) is 35.8 Å². The predicted molar refractivity (Wildman–Crippen MR) is 72.4 cm³/mol. The molecule has 18 heavy (non-hydrogen) atoms. The second-order valence-electron chi connectivity index (χ2n) is 4.82. The number of hydrogen-bond donors (Lipinski definition) is 1. The molecular formula is C12H17ClN2O2S. The third-order valence-corrected chi connectivity index (χ3v) is 5.26. The summed E-state index contributed by atoms with van der Waals surface area (Å²) in [4.78, 5) is 7.47. The summed E-state index contributed by atoms with van der Waals surface area (Å²) in [5.74, 6) is 0. The molecule has 3 rings (SSSR count). The Labute approximate surface area is 116 Å². The minimum absolute atomic E-state index is 0.0328. The molecule has 6 heteroatoms. The van der Waals surface area contributed by atoms with Crippen molar-refractivity contribution in [3.05, 3.63) is 10.0 Å². The molecule has 1 saturated heterocycles. The first-order valence-electron chi connectivity index (χ1n) is 6.44. The van der Waals surface area contributed by atoms with Gasteiger partial charge in [0, 0.05) is 6.54 Å². The largest absolute Gasteiger partial charge is 0.391 e. The zero-order chi connectivity index (χ0) is 12.5. The normalized spacial score (nSPS) is 28.2. The van der Waals surface area contributed by atoms with Crippen molar-refractivity contribution in [1.82, 2.24) is 4.98 Å². The summed E-state index contributed by atoms with van der Waals surface area (Å²) in [6.07, 6.45) is 5.17. The van der Waals surface area contributed by atoms with Crippen molar-refractivity contribution >= 4 is 28.1 Å². The minimum atomic E-state index is -0.0328. The quantitative estimate of drug-likeness (QED) is 0.908. The average Bonchev–Trinajstić information content (AvgIpc) is 2.79. The Morgan fingerprint density at radius 1 is 1.44 bits per heavy atom. The number of rotatable bonds is 2. The van der Waals surface area contributed by atoms with E-state index in [1.807, 2.05) is 0 Å². The van der Waals surface area contributed by atoms with Crippen LogP contribution in [0.4, 0.5) is 5.13 Å². The molecule has 2 heterocycles. The van der Waals surface area contributed by atoms with Gasteiger partial charge in [-0.3, -0.25) is 0 Å². The molecule has 2 aliphatic rings. The molecule has 2 unspecified atom stereocenters. The monoisotopic (exact) mass is 288 g/mol. The Morgan fingerprint density at radius 3 is 3.06 bits per heavy atom. The average molecular weight is 289 g/mol. The minimum Gasteiger partial charge on any atom is -0.391 e. The maximum absolute atomic E-state index is 9.21. The second kappa shape index (κ2) is 5.33. The Kier molecular flexibility index (Phi) is 3.75. The van der Waals surface area contributed by atoms with E-state index in [0.29, 0.717) is 17.3 Å². The van der Waals surface area contributed by atoms with Crippen LogP contribution in [0.2, 0.25) is 5.15 Å². The number of nitrogens with zero attached hydrogens (tertiary/aromatic N) is 2. The molecule has 1 aliphatic heterocycles. The summed E-state index contributed by atoms with van der Waals surface area (Å²) in [6.45, 7) is 1.59. The van der Waals surface area contributed by atoms with E-state index in [4.69, 9.17) is 16.3 Å². The van der Waals surface area contributed by atoms with Crippen LogP contribution in [0.3, 0.4) is 0 Å². The molecule has 0 amide bonds. The summed E-state index contributed by atoms with van der Waals surface area (Å²) in [7, 11) is 0. The molecule has 4 nitrogen and oxygen atoms in total. The van der Waals surface area contributed by atoms with Crippen molar-refractivity contribution in [3.8, 4) is 0 Å². The number of fused-ring (bicyclic) bond motifs is 1. The molecule has 1 aliphatic carbocycles. The highest BCUT2D eigenvalue weighted by atomic mass is 35.5. The topological polar surface area (TPSA) is 45.6 Å². The standard InChI is InChI=1S/C12H17ClN2O2S/c13-11-10(7-16)18-12(14-11)15-5-6-17-9-4-2-1-3-8(9)15/h8-9,16H,1-7H2. The highest BCUT2D eigenvalue weighted by Crippen LogP contribution is 2.36. The third-order valence-electron chi connectivity index (χ3n) is 3.76. The number of ether oxygens (including phenoxy) is 1. The summed E-state index contributed by atoms with van der Waals surface area (Å²) in [5.41, 5.74) is 0. The van der Waals surface area contributed by atoms with Gasteiger partial charge in [-0.2, -0.15) is 0 Å². The van der Waals surface area contributed by atoms with Gasteiger partial charge in [0.1, 0.15) is 5.15 Å². The molecule has 0 spiro atoms. The van der Waals surface area contributed by atoms with Gasteiger partial charge >= 0.3 is 0 Å². The zero-order valence-corrected chi connectivity index (χ0v) is 11.7. The maximum Gasteiger partial charge on any atom is 0.187 e. The molecule has 1 N–H and O–H groups in total. The van der Waals surface area contributed by atoms with Crippen molar-refractivity contribution in [2.24, 2.45) is 0 Å². The Hall–Kier alpha value is -0.360. The molecular weight excluding hydrogens is 272 g/mol. The van der Waals surface area contributed by atoms with Gasteiger partial charge in [-0.05, 0) is 12.8 Å². The number of hydrogen-bond acceptors (Lipinski definition) is 5. The van der Waals surface area contributed by atoms with Crippen molar-refractivity contribution in [2.75, 3.05) is 18.1 Å². The van der Waals surface area contributed by atoms with Crippen LogP contribution >= 0.6 is 22.9 Å². The fourth-order valence-electron chi connectivity index (χ4n) is 2.88. The first kappa shape index (κ1) is 12.7. The lowest BCUT2D eigenvalue weighted by Gasteiger charge is -2.43. The summed E-state index contributed by atoms with van der Waals surface area (Å²) >= 11 is 7.52. The lowest BCUT2D eigenvalue weighted by atomic mass is 9.90. The van der Waals surface area contributed by atoms with E-state index < -0.39 is 0 Å². The highest BCUT2D eigenvalue weighted by molar-refractivity contribution is 7.16. The lowest BCUT2D eigenvalue weighted by molar-refractivity contribution is -0.00868. The molecule has 0 bridgehead atoms. The first-order chi connectivity index (χ1) is 8.79. The second-order valence-corrected chi connectivity index (χ2v) is 6.24. The van der Waals surface area contributed by atoms with Crippen molar-refractivity contribution in [1.29, 1.82) is 0 Å². The van der Waals surface area contributed by atoms with Crippen LogP contribution in [0.15, 0.2) is 0 Å². The van der Waals surface area contributed by atoms with Crippen molar-refractivity contribution < 1.29 is 9.84 Å². The Morgan fingerprint density at radius 2 is 2.28 bits per heavy atom. The van der Waals surface area contributed by atoms with E-state index >= 15 is 0 Å². The molecule has 0 radical (unpaired) electrons. The number of aliphatic hydroxyl groups excluding tert-OH is 1. The first-order valence-corrected chi connectivity index (χ1v) is 7.63. The predicted octanol–water partition coefficient (Wildman–Crippen LogP) is 2.44. The van der Waals surface area contributed by atoms with Crippen LogP contribution in [0.1, 0.15) is 30.6 Å². The van der Waals surface area contributed by atoms with Crippen LogP contribution in [0.5, 0.6) is 0 Å². The Balaban J connectivity index is 1.84. The highest BCUT2D eigenvalue weighted by Gasteiger charge is 2.35. The third kappa shape index (κ3) is 2.25. The molecule has 1 aromatic rings. The van der Waals surface area contributed by atoms with Crippen molar-refractivity contribution in [2.45, 2.75) is 44.4 Å². The van der Waals surface area contributed by atoms with E-state index in [0.717, 1.165) is 36.0 Å². The van der Waals surface area contributed by atoms with Crippen LogP contribution < -0.4 is 4.90 Å². The lowest BCUT2D eigenvalue weighted by Crippen LogP contribution is -2.52. The number of thiazole rings is 1. The van der Waals surface area contributed by atoms with Gasteiger partial charge < -0.3 is 14.7 Å². The molecule has 1 saturated carbocycles. The van der Waals surface area contributed by atoms with Gasteiger partial charge in [0.25, 0.3) is 0 Å². The zero-order valence-electron chi connectivity index (χ0n) is 10.1. The van der Waals surface area contributed by atoms with Crippen LogP contribution in [-0.4, -0.2) is 35.4 Å². The van der Waals surface area contributed by atoms with Gasteiger partial charge in [-0.15, -0.1) is 0 Å². The van der Waals surface area contributed by atoms with Crippen LogP contribution in [0, 0.1) is 0 Å². The Bertz CT molecular complexity index is 424. The fraction of sp³-hybridized carbons (Fsp3) is 0.750. The number of anilines is 1. The maximum atomic E-state index is 9.21. The molecule has 0 aromatic carbocycles. The van der Waals surface area contributed by atoms with Gasteiger partial charge in [0.05, 0.1) is 30.2 Å². The molecule has 2 fully saturated rings. The molecule has 100 valence electrons. The number of aliphatic hydroxyl groups is 1. The van der Waals surface area contributed by atoms with E-state index in [1.165, 1.54) is 24.2 Å². The van der Waals surface area contributed by atoms with Crippen molar-refractivity contribution in [3.63, 3.8) is 0 Å². The molecule has 2 atom stereocenters. The van der Waals surface area contributed by atoms with Crippen LogP contribution in [-0.2, 0) is 11.3 Å². The number of morpholine rings is 1. The number of aromatic nitrogens is 1.